The highest BCUT2D eigenvalue weighted by Crippen LogP contribution is 2.13. The van der Waals surface area contributed by atoms with E-state index in [0.717, 1.165) is 44.6 Å². The van der Waals surface area contributed by atoms with Gasteiger partial charge in [0.15, 0.2) is 0 Å². The van der Waals surface area contributed by atoms with E-state index in [9.17, 15) is 4.79 Å². The molecule has 1 unspecified atom stereocenters. The van der Waals surface area contributed by atoms with Gasteiger partial charge in [-0.15, -0.1) is 0 Å². The molecule has 4 heteroatoms. The van der Waals surface area contributed by atoms with E-state index in [0.29, 0.717) is 12.5 Å². The van der Waals surface area contributed by atoms with Crippen molar-refractivity contribution in [2.75, 3.05) is 32.1 Å². The van der Waals surface area contributed by atoms with Crippen LogP contribution in [0.3, 0.4) is 0 Å². The lowest BCUT2D eigenvalue weighted by molar-refractivity contribution is -0.116. The summed E-state index contributed by atoms with van der Waals surface area (Å²) in [5, 5.41) is 2.96. The molecule has 0 radical (unpaired) electrons. The van der Waals surface area contributed by atoms with E-state index >= 15 is 0 Å². The smallest absolute Gasteiger partial charge is 0.225 e. The number of ether oxygens (including phenoxy) is 1. The number of hydrogen-bond acceptors (Lipinski definition) is 3. The van der Waals surface area contributed by atoms with Gasteiger partial charge in [0.2, 0.25) is 5.91 Å². The lowest BCUT2D eigenvalue weighted by Crippen LogP contribution is -2.40. The lowest BCUT2D eigenvalue weighted by atomic mass is 10.1. The number of piperidine rings is 1. The minimum atomic E-state index is 0.0822. The van der Waals surface area contributed by atoms with Gasteiger partial charge in [-0.25, -0.2) is 0 Å². The van der Waals surface area contributed by atoms with Crippen LogP contribution in [0.5, 0.6) is 0 Å². The summed E-state index contributed by atoms with van der Waals surface area (Å²) in [5.74, 6) is 0.0822. The summed E-state index contributed by atoms with van der Waals surface area (Å²) in [7, 11) is 1.76. The van der Waals surface area contributed by atoms with Gasteiger partial charge in [0.05, 0.1) is 6.10 Å². The molecule has 1 amide bonds. The Balaban J connectivity index is 1.73. The Morgan fingerprint density at radius 3 is 2.81 bits per heavy atom. The molecule has 4 nitrogen and oxygen atoms in total. The minimum absolute atomic E-state index is 0.0822. The van der Waals surface area contributed by atoms with Crippen molar-refractivity contribution in [2.24, 2.45) is 0 Å². The molecular formula is C17H26N2O2. The van der Waals surface area contributed by atoms with E-state index in [2.05, 4.69) is 29.3 Å². The van der Waals surface area contributed by atoms with E-state index in [4.69, 9.17) is 4.74 Å². The average Bonchev–Trinajstić information content (AvgIpc) is 2.54. The first-order chi connectivity index (χ1) is 10.2. The quantitative estimate of drug-likeness (QED) is 0.876. The highest BCUT2D eigenvalue weighted by molar-refractivity contribution is 5.90. The zero-order chi connectivity index (χ0) is 15.1. The first kappa shape index (κ1) is 16.0. The van der Waals surface area contributed by atoms with Gasteiger partial charge >= 0.3 is 0 Å². The molecule has 0 saturated carbocycles. The highest BCUT2D eigenvalue weighted by Gasteiger charge is 2.19. The topological polar surface area (TPSA) is 41.6 Å². The molecule has 1 aliphatic rings. The summed E-state index contributed by atoms with van der Waals surface area (Å²) in [4.78, 5) is 14.3. The van der Waals surface area contributed by atoms with Crippen molar-refractivity contribution >= 4 is 11.6 Å². The number of carbonyl (C=O) groups excluding carboxylic acids is 1. The average molecular weight is 290 g/mol. The molecule has 0 aliphatic carbocycles. The van der Waals surface area contributed by atoms with Gasteiger partial charge in [0.1, 0.15) is 0 Å². The molecule has 1 N–H and O–H groups in total. The van der Waals surface area contributed by atoms with E-state index in [1.54, 1.807) is 7.11 Å². The van der Waals surface area contributed by atoms with Crippen LogP contribution >= 0.6 is 0 Å². The molecule has 2 rings (SSSR count). The van der Waals surface area contributed by atoms with Crippen LogP contribution in [0.1, 0.15) is 31.7 Å². The molecule has 1 atom stereocenters. The van der Waals surface area contributed by atoms with Crippen molar-refractivity contribution < 1.29 is 9.53 Å². The van der Waals surface area contributed by atoms with Crippen molar-refractivity contribution in [3.63, 3.8) is 0 Å². The molecule has 116 valence electrons. The van der Waals surface area contributed by atoms with Crippen molar-refractivity contribution in [2.45, 2.75) is 38.7 Å². The Morgan fingerprint density at radius 2 is 2.14 bits per heavy atom. The summed E-state index contributed by atoms with van der Waals surface area (Å²) in [6.07, 6.45) is 4.15. The maximum atomic E-state index is 12.0. The summed E-state index contributed by atoms with van der Waals surface area (Å²) < 4.78 is 5.40. The van der Waals surface area contributed by atoms with E-state index in [-0.39, 0.29) is 5.91 Å². The number of benzene rings is 1. The van der Waals surface area contributed by atoms with Crippen molar-refractivity contribution in [3.05, 3.63) is 29.8 Å². The van der Waals surface area contributed by atoms with Crippen LogP contribution in [-0.4, -0.2) is 43.7 Å². The van der Waals surface area contributed by atoms with Crippen LogP contribution in [0.15, 0.2) is 24.3 Å². The lowest BCUT2D eigenvalue weighted by Gasteiger charge is -2.31. The number of likely N-dealkylation sites (tertiary alicyclic amines) is 1. The molecular weight excluding hydrogens is 264 g/mol. The van der Waals surface area contributed by atoms with E-state index < -0.39 is 0 Å². The third-order valence-corrected chi connectivity index (χ3v) is 4.10. The van der Waals surface area contributed by atoms with Crippen LogP contribution in [0.25, 0.3) is 0 Å². The van der Waals surface area contributed by atoms with Gasteiger partial charge in [-0.1, -0.05) is 19.1 Å². The fourth-order valence-electron chi connectivity index (χ4n) is 2.72. The molecule has 0 spiro atoms. The molecule has 1 saturated heterocycles. The second kappa shape index (κ2) is 8.15. The summed E-state index contributed by atoms with van der Waals surface area (Å²) in [5.41, 5.74) is 2.16. The van der Waals surface area contributed by atoms with Crippen LogP contribution in [0.4, 0.5) is 5.69 Å². The summed E-state index contributed by atoms with van der Waals surface area (Å²) in [6.45, 7) is 4.94. The molecule has 1 aromatic carbocycles. The van der Waals surface area contributed by atoms with Gasteiger partial charge in [-0.2, -0.15) is 0 Å². The first-order valence-electron chi connectivity index (χ1n) is 7.85. The second-order valence-corrected chi connectivity index (χ2v) is 5.65. The number of carbonyl (C=O) groups is 1. The zero-order valence-corrected chi connectivity index (χ0v) is 13.1. The number of anilines is 1. The minimum Gasteiger partial charge on any atom is -0.380 e. The third kappa shape index (κ3) is 5.14. The number of aryl methyl sites for hydroxylation is 1. The maximum absolute atomic E-state index is 12.0. The number of methoxy groups -OCH3 is 1. The van der Waals surface area contributed by atoms with Crippen molar-refractivity contribution in [1.29, 1.82) is 0 Å². The number of nitrogens with zero attached hydrogens (tertiary/aromatic N) is 1. The Hall–Kier alpha value is -1.39. The Labute approximate surface area is 127 Å². The number of rotatable bonds is 6. The monoisotopic (exact) mass is 290 g/mol. The predicted molar refractivity (Wildman–Crippen MR) is 85.5 cm³/mol. The second-order valence-electron chi connectivity index (χ2n) is 5.65. The van der Waals surface area contributed by atoms with Crippen LogP contribution in [-0.2, 0) is 16.0 Å². The Bertz CT molecular complexity index is 445. The fourth-order valence-corrected chi connectivity index (χ4v) is 2.72. The van der Waals surface area contributed by atoms with Gasteiger partial charge < -0.3 is 15.0 Å². The van der Waals surface area contributed by atoms with Crippen molar-refractivity contribution in [1.82, 2.24) is 4.90 Å². The van der Waals surface area contributed by atoms with Gasteiger partial charge in [0.25, 0.3) is 0 Å². The van der Waals surface area contributed by atoms with Crippen LogP contribution in [0, 0.1) is 0 Å². The fraction of sp³-hybridized carbons (Fsp3) is 0.588. The van der Waals surface area contributed by atoms with Crippen LogP contribution in [0.2, 0.25) is 0 Å². The standard InChI is InChI=1S/C17H26N2O2/c1-3-14-6-8-15(9-7-14)18-17(20)10-12-19-11-4-5-16(13-19)21-2/h6-9,16H,3-5,10-13H2,1-2H3,(H,18,20). The van der Waals surface area contributed by atoms with Gasteiger partial charge in [0, 0.05) is 32.3 Å². The largest absolute Gasteiger partial charge is 0.380 e. The molecule has 0 bridgehead atoms. The molecule has 1 aliphatic heterocycles. The summed E-state index contributed by atoms with van der Waals surface area (Å²) >= 11 is 0. The Morgan fingerprint density at radius 1 is 1.38 bits per heavy atom. The van der Waals surface area contributed by atoms with Crippen molar-refractivity contribution in [3.8, 4) is 0 Å². The van der Waals surface area contributed by atoms with E-state index in [1.807, 2.05) is 12.1 Å². The Kier molecular flexibility index (Phi) is 6.21. The van der Waals surface area contributed by atoms with Gasteiger partial charge in [-0.05, 0) is 43.5 Å². The number of amides is 1. The van der Waals surface area contributed by atoms with Crippen LogP contribution < -0.4 is 5.32 Å². The normalized spacial score (nSPS) is 19.4. The molecule has 1 aromatic rings. The molecule has 1 heterocycles. The highest BCUT2D eigenvalue weighted by atomic mass is 16.5. The molecule has 21 heavy (non-hydrogen) atoms. The number of hydrogen-bond donors (Lipinski definition) is 1. The summed E-state index contributed by atoms with van der Waals surface area (Å²) in [6, 6.07) is 8.06. The first-order valence-corrected chi connectivity index (χ1v) is 7.85. The number of nitrogens with one attached hydrogen (secondary N) is 1. The van der Waals surface area contributed by atoms with E-state index in [1.165, 1.54) is 5.56 Å². The SMILES string of the molecule is CCc1ccc(NC(=O)CCN2CCCC(OC)C2)cc1. The maximum Gasteiger partial charge on any atom is 0.225 e. The molecule has 1 fully saturated rings. The third-order valence-electron chi connectivity index (χ3n) is 4.10. The van der Waals surface area contributed by atoms with Gasteiger partial charge in [-0.3, -0.25) is 4.79 Å². The zero-order valence-electron chi connectivity index (χ0n) is 13.1. The molecule has 0 aromatic heterocycles. The predicted octanol–water partition coefficient (Wildman–Crippen LogP) is 2.69.